The van der Waals surface area contributed by atoms with Gasteiger partial charge in [0.15, 0.2) is 0 Å². The van der Waals surface area contributed by atoms with E-state index in [-0.39, 0.29) is 27.9 Å². The van der Waals surface area contributed by atoms with Crippen LogP contribution in [0.15, 0.2) is 102 Å². The van der Waals surface area contributed by atoms with Gasteiger partial charge in [0, 0.05) is 27.8 Å². The fourth-order valence-corrected chi connectivity index (χ4v) is 5.13. The van der Waals surface area contributed by atoms with Crippen LogP contribution in [0.25, 0.3) is 6.08 Å². The van der Waals surface area contributed by atoms with Crippen molar-refractivity contribution >= 4 is 64.5 Å². The number of nitrogens with one attached hydrogen (secondary N) is 3. The van der Waals surface area contributed by atoms with Gasteiger partial charge in [0.1, 0.15) is 17.2 Å². The number of benzene rings is 4. The molecule has 4 rings (SSSR count). The highest BCUT2D eigenvalue weighted by atomic mass is 35.5. The van der Waals surface area contributed by atoms with Crippen LogP contribution in [0.4, 0.5) is 11.4 Å². The van der Waals surface area contributed by atoms with Crippen molar-refractivity contribution in [2.24, 2.45) is 0 Å². The van der Waals surface area contributed by atoms with Gasteiger partial charge >= 0.3 is 5.97 Å². The second-order valence-corrected chi connectivity index (χ2v) is 11.5. The van der Waals surface area contributed by atoms with Crippen molar-refractivity contribution in [1.29, 1.82) is 0 Å². The number of thioether (sulfide) groups is 1. The predicted octanol–water partition coefficient (Wildman–Crippen LogP) is 6.58. The summed E-state index contributed by atoms with van der Waals surface area (Å²) in [5, 5.41) is 17.0. The lowest BCUT2D eigenvalue weighted by Crippen LogP contribution is -2.30. The van der Waals surface area contributed by atoms with E-state index >= 15 is 0 Å². The lowest BCUT2D eigenvalue weighted by Gasteiger charge is -2.15. The lowest BCUT2D eigenvalue weighted by molar-refractivity contribution is -0.115. The lowest BCUT2D eigenvalue weighted by atomic mass is 10.1. The summed E-state index contributed by atoms with van der Waals surface area (Å²) in [4.78, 5) is 51.3. The van der Waals surface area contributed by atoms with Gasteiger partial charge in [-0.25, -0.2) is 4.79 Å². The van der Waals surface area contributed by atoms with Gasteiger partial charge in [-0.15, -0.1) is 11.8 Å². The number of hydrogen-bond donors (Lipinski definition) is 4. The Labute approximate surface area is 274 Å². The number of rotatable bonds is 12. The van der Waals surface area contributed by atoms with Crippen molar-refractivity contribution in [3.05, 3.63) is 118 Å². The molecule has 10 nitrogen and oxygen atoms in total. The number of carboxylic acids is 1. The zero-order valence-electron chi connectivity index (χ0n) is 25.0. The van der Waals surface area contributed by atoms with Crippen molar-refractivity contribution in [3.63, 3.8) is 0 Å². The first-order chi connectivity index (χ1) is 22.1. The Morgan fingerprint density at radius 3 is 2.22 bits per heavy atom. The Kier molecular flexibility index (Phi) is 11.4. The molecule has 0 aromatic heterocycles. The molecule has 0 radical (unpaired) electrons. The molecule has 0 aliphatic rings. The van der Waals surface area contributed by atoms with Crippen molar-refractivity contribution < 1.29 is 33.8 Å². The average molecular weight is 660 g/mol. The smallest absolute Gasteiger partial charge is 0.335 e. The van der Waals surface area contributed by atoms with Crippen LogP contribution < -0.4 is 25.4 Å². The van der Waals surface area contributed by atoms with E-state index < -0.39 is 23.0 Å². The van der Waals surface area contributed by atoms with Crippen LogP contribution in [0.1, 0.15) is 33.2 Å². The van der Waals surface area contributed by atoms with Crippen molar-refractivity contribution in [2.45, 2.75) is 17.1 Å². The number of amides is 3. The van der Waals surface area contributed by atoms with E-state index in [4.69, 9.17) is 21.1 Å². The minimum absolute atomic E-state index is 0.00147. The van der Waals surface area contributed by atoms with E-state index in [2.05, 4.69) is 16.0 Å². The number of halogens is 1. The Bertz CT molecular complexity index is 1780. The van der Waals surface area contributed by atoms with Gasteiger partial charge < -0.3 is 30.5 Å². The summed E-state index contributed by atoms with van der Waals surface area (Å²) in [6.45, 7) is 1.70. The zero-order chi connectivity index (χ0) is 33.2. The van der Waals surface area contributed by atoms with Gasteiger partial charge in [0.2, 0.25) is 5.91 Å². The quantitative estimate of drug-likeness (QED) is 0.0986. The van der Waals surface area contributed by atoms with Gasteiger partial charge in [-0.3, -0.25) is 14.4 Å². The molecule has 1 unspecified atom stereocenters. The molecule has 0 spiro atoms. The number of carbonyl (C=O) groups excluding carboxylic acids is 3. The molecule has 0 heterocycles. The van der Waals surface area contributed by atoms with E-state index in [1.54, 1.807) is 79.7 Å². The number of hydrogen-bond acceptors (Lipinski definition) is 7. The van der Waals surface area contributed by atoms with Gasteiger partial charge in [0.25, 0.3) is 11.8 Å². The fraction of sp³-hybridized carbons (Fsp3) is 0.118. The molecule has 3 amide bonds. The number of methoxy groups -OCH3 is 2. The second kappa shape index (κ2) is 15.6. The van der Waals surface area contributed by atoms with E-state index in [1.165, 1.54) is 50.3 Å². The second-order valence-electron chi connectivity index (χ2n) is 9.71. The first-order valence-corrected chi connectivity index (χ1v) is 15.1. The van der Waals surface area contributed by atoms with Gasteiger partial charge in [-0.2, -0.15) is 0 Å². The van der Waals surface area contributed by atoms with Crippen LogP contribution in [0.5, 0.6) is 11.5 Å². The molecule has 46 heavy (non-hydrogen) atoms. The summed E-state index contributed by atoms with van der Waals surface area (Å²) in [5.74, 6) is -1.54. The molecule has 0 aliphatic heterocycles. The highest BCUT2D eigenvalue weighted by Gasteiger charge is 2.19. The first-order valence-electron chi connectivity index (χ1n) is 13.8. The van der Waals surface area contributed by atoms with Gasteiger partial charge in [-0.1, -0.05) is 29.8 Å². The molecule has 0 bridgehead atoms. The maximum atomic E-state index is 13.5. The van der Waals surface area contributed by atoms with Crippen LogP contribution >= 0.6 is 23.4 Å². The predicted molar refractivity (Wildman–Crippen MR) is 179 cm³/mol. The molecule has 4 N–H and O–H groups in total. The van der Waals surface area contributed by atoms with Crippen LogP contribution in [0.3, 0.4) is 0 Å². The monoisotopic (exact) mass is 659 g/mol. The molecule has 0 fully saturated rings. The first kappa shape index (κ1) is 33.6. The maximum absolute atomic E-state index is 13.5. The number of carbonyl (C=O) groups is 4. The summed E-state index contributed by atoms with van der Waals surface area (Å²) < 4.78 is 10.7. The summed E-state index contributed by atoms with van der Waals surface area (Å²) in [5.41, 5.74) is 1.54. The van der Waals surface area contributed by atoms with Crippen molar-refractivity contribution in [3.8, 4) is 11.5 Å². The fourth-order valence-electron chi connectivity index (χ4n) is 4.10. The summed E-state index contributed by atoms with van der Waals surface area (Å²) in [6.07, 6.45) is 1.51. The minimum atomic E-state index is -1.14. The molecule has 236 valence electrons. The topological polar surface area (TPSA) is 143 Å². The molecule has 0 aliphatic carbocycles. The molecule has 1 atom stereocenters. The van der Waals surface area contributed by atoms with Crippen LogP contribution in [0.2, 0.25) is 5.02 Å². The van der Waals surface area contributed by atoms with Crippen LogP contribution in [-0.4, -0.2) is 48.3 Å². The SMILES string of the molecule is COc1ccc(/C=C(\NC(=O)c2ccccc2)C(=O)Nc2ccc(SC(C)C(=O)Nc3cc(C(=O)O)ccc3Cl)cc2)c(OC)c1. The zero-order valence-corrected chi connectivity index (χ0v) is 26.6. The molecular weight excluding hydrogens is 630 g/mol. The summed E-state index contributed by atoms with van der Waals surface area (Å²) >= 11 is 7.39. The van der Waals surface area contributed by atoms with E-state index in [0.717, 1.165) is 4.90 Å². The van der Waals surface area contributed by atoms with Gasteiger partial charge in [0.05, 0.1) is 35.7 Å². The Morgan fingerprint density at radius 2 is 1.57 bits per heavy atom. The van der Waals surface area contributed by atoms with Crippen molar-refractivity contribution in [1.82, 2.24) is 5.32 Å². The molecule has 12 heteroatoms. The third kappa shape index (κ3) is 8.90. The third-order valence-electron chi connectivity index (χ3n) is 6.53. The van der Waals surface area contributed by atoms with Crippen molar-refractivity contribution in [2.75, 3.05) is 24.9 Å². The molecule has 4 aromatic rings. The molecule has 4 aromatic carbocycles. The Morgan fingerprint density at radius 1 is 0.848 bits per heavy atom. The number of anilines is 2. The van der Waals surface area contributed by atoms with E-state index in [1.807, 2.05) is 0 Å². The number of carboxylic acid groups (broad SMARTS) is 1. The Hall–Kier alpha value is -5.26. The standard InChI is InChI=1S/C34H30ClN3O7S/c1-20(31(39)37-28-18-23(34(42)43)10-16-27(28)35)46-26-14-11-24(12-15-26)36-33(41)29(38-32(40)21-7-5-4-6-8-21)17-22-9-13-25(44-2)19-30(22)45-3/h4-20H,1-3H3,(H,36,41)(H,37,39)(H,38,40)(H,42,43)/b29-17-. The van der Waals surface area contributed by atoms with Crippen LogP contribution in [0, 0.1) is 0 Å². The van der Waals surface area contributed by atoms with Crippen LogP contribution in [-0.2, 0) is 9.59 Å². The molecule has 0 saturated heterocycles. The average Bonchev–Trinajstić information content (AvgIpc) is 3.06. The Balaban J connectivity index is 1.48. The van der Waals surface area contributed by atoms with Gasteiger partial charge in [-0.05, 0) is 79.7 Å². The summed E-state index contributed by atoms with van der Waals surface area (Å²) in [7, 11) is 3.02. The van der Waals surface area contributed by atoms with E-state index in [0.29, 0.717) is 28.3 Å². The highest BCUT2D eigenvalue weighted by Crippen LogP contribution is 2.29. The largest absolute Gasteiger partial charge is 0.497 e. The molecule has 0 saturated carbocycles. The van der Waals surface area contributed by atoms with E-state index in [9.17, 15) is 24.3 Å². The summed E-state index contributed by atoms with van der Waals surface area (Å²) in [6, 6.07) is 24.5. The molecular formula is C34H30ClN3O7S. The minimum Gasteiger partial charge on any atom is -0.497 e. The third-order valence-corrected chi connectivity index (χ3v) is 7.98. The number of ether oxygens (including phenoxy) is 2. The normalized spacial score (nSPS) is 11.6. The maximum Gasteiger partial charge on any atom is 0.335 e. The highest BCUT2D eigenvalue weighted by molar-refractivity contribution is 8.00. The number of aromatic carboxylic acids is 1.